The topological polar surface area (TPSA) is 147 Å². The fourth-order valence-corrected chi connectivity index (χ4v) is 4.03. The minimum Gasteiger partial charge on any atom is -0.378 e. The Balaban J connectivity index is 1.69. The van der Waals surface area contributed by atoms with Crippen molar-refractivity contribution in [2.45, 2.75) is 4.90 Å². The summed E-state index contributed by atoms with van der Waals surface area (Å²) < 4.78 is 28.8. The van der Waals surface area contributed by atoms with Gasteiger partial charge >= 0.3 is 11.8 Å². The zero-order valence-electron chi connectivity index (χ0n) is 16.9. The third-order valence-electron chi connectivity index (χ3n) is 5.11. The number of non-ortho nitro benzene ring substituents is 1. The number of morpholine rings is 1. The molecule has 0 aliphatic carbocycles. The van der Waals surface area contributed by atoms with Crippen molar-refractivity contribution in [2.75, 3.05) is 58.7 Å². The average Bonchev–Trinajstić information content (AvgIpc) is 2.77. The van der Waals surface area contributed by atoms with Crippen molar-refractivity contribution in [3.63, 3.8) is 0 Å². The van der Waals surface area contributed by atoms with E-state index < -0.39 is 38.2 Å². The molecule has 0 N–H and O–H groups in total. The van der Waals surface area contributed by atoms with Crippen molar-refractivity contribution in [1.29, 1.82) is 0 Å². The van der Waals surface area contributed by atoms with Crippen LogP contribution in [0.1, 0.15) is 10.4 Å². The summed E-state index contributed by atoms with van der Waals surface area (Å²) in [6.45, 7) is 1.90. The summed E-state index contributed by atoms with van der Waals surface area (Å²) in [5.41, 5.74) is -0.630. The number of carbonyl (C=O) groups excluding carboxylic acids is 3. The van der Waals surface area contributed by atoms with E-state index in [1.807, 2.05) is 0 Å². The van der Waals surface area contributed by atoms with E-state index in [2.05, 4.69) is 0 Å². The first-order valence-corrected chi connectivity index (χ1v) is 11.4. The van der Waals surface area contributed by atoms with Crippen LogP contribution in [0, 0.1) is 10.1 Å². The molecule has 0 bridgehead atoms. The van der Waals surface area contributed by atoms with Crippen LogP contribution in [0.25, 0.3) is 0 Å². The Bertz CT molecular complexity index is 1010. The zero-order valence-corrected chi connectivity index (χ0v) is 17.7. The molecule has 3 rings (SSSR count). The number of rotatable bonds is 3. The number of piperazine rings is 1. The predicted octanol–water partition coefficient (Wildman–Crippen LogP) is -0.858. The molecule has 1 aromatic carbocycles. The van der Waals surface area contributed by atoms with Gasteiger partial charge in [-0.15, -0.1) is 0 Å². The Morgan fingerprint density at radius 1 is 0.903 bits per heavy atom. The number of ether oxygens (including phenoxy) is 1. The SMILES string of the molecule is CS(=O)(=O)c1cc(C(=O)N2CCN(C(=O)C(=O)N3CCOCC3)CC2)cc([N+](=O)[O-])c1. The molecule has 0 unspecified atom stereocenters. The maximum absolute atomic E-state index is 12.8. The first-order chi connectivity index (χ1) is 14.6. The van der Waals surface area contributed by atoms with Crippen LogP contribution in [0.4, 0.5) is 5.69 Å². The maximum Gasteiger partial charge on any atom is 0.312 e. The smallest absolute Gasteiger partial charge is 0.312 e. The van der Waals surface area contributed by atoms with E-state index in [4.69, 9.17) is 4.74 Å². The lowest BCUT2D eigenvalue weighted by Gasteiger charge is -2.35. The second kappa shape index (κ2) is 8.98. The number of amides is 3. The number of hydrogen-bond donors (Lipinski definition) is 0. The second-order valence-corrected chi connectivity index (χ2v) is 9.25. The number of nitrogens with zero attached hydrogens (tertiary/aromatic N) is 4. The van der Waals surface area contributed by atoms with E-state index >= 15 is 0 Å². The quantitative estimate of drug-likeness (QED) is 0.326. The molecule has 31 heavy (non-hydrogen) atoms. The largest absolute Gasteiger partial charge is 0.378 e. The highest BCUT2D eigenvalue weighted by atomic mass is 32.2. The van der Waals surface area contributed by atoms with E-state index in [1.165, 1.54) is 14.7 Å². The molecule has 2 aliphatic rings. The standard InChI is InChI=1S/C18H22N4O8S/c1-31(28,29)15-11-13(10-14(12-15)22(26)27)16(23)19-2-4-20(5-3-19)17(24)18(25)21-6-8-30-9-7-21/h10-12H,2-9H2,1H3. The summed E-state index contributed by atoms with van der Waals surface area (Å²) in [6, 6.07) is 3.03. The number of benzene rings is 1. The molecule has 2 heterocycles. The highest BCUT2D eigenvalue weighted by Crippen LogP contribution is 2.22. The lowest BCUT2D eigenvalue weighted by Crippen LogP contribution is -2.55. The van der Waals surface area contributed by atoms with Crippen LogP contribution in [0.3, 0.4) is 0 Å². The van der Waals surface area contributed by atoms with E-state index in [0.717, 1.165) is 24.5 Å². The second-order valence-electron chi connectivity index (χ2n) is 7.23. The zero-order chi connectivity index (χ0) is 22.8. The molecule has 2 fully saturated rings. The predicted molar refractivity (Wildman–Crippen MR) is 106 cm³/mol. The Hall–Kier alpha value is -3.06. The number of hydrogen-bond acceptors (Lipinski definition) is 8. The van der Waals surface area contributed by atoms with Crippen LogP contribution >= 0.6 is 0 Å². The summed E-state index contributed by atoms with van der Waals surface area (Å²) in [5, 5.41) is 11.1. The highest BCUT2D eigenvalue weighted by molar-refractivity contribution is 7.90. The third kappa shape index (κ3) is 5.17. The Morgan fingerprint density at radius 3 is 1.94 bits per heavy atom. The molecule has 2 saturated heterocycles. The summed E-state index contributed by atoms with van der Waals surface area (Å²) in [7, 11) is -3.77. The van der Waals surface area contributed by atoms with Gasteiger partial charge in [-0.3, -0.25) is 24.5 Å². The van der Waals surface area contributed by atoms with Crippen LogP contribution in [-0.2, 0) is 24.2 Å². The first-order valence-electron chi connectivity index (χ1n) is 9.52. The van der Waals surface area contributed by atoms with Gasteiger partial charge in [-0.25, -0.2) is 8.42 Å². The third-order valence-corrected chi connectivity index (χ3v) is 6.20. The molecule has 168 valence electrons. The highest BCUT2D eigenvalue weighted by Gasteiger charge is 2.32. The van der Waals surface area contributed by atoms with E-state index in [0.29, 0.717) is 26.3 Å². The van der Waals surface area contributed by atoms with Gasteiger partial charge in [0.1, 0.15) is 0 Å². The maximum atomic E-state index is 12.8. The monoisotopic (exact) mass is 454 g/mol. The molecule has 0 aromatic heterocycles. The van der Waals surface area contributed by atoms with Gasteiger partial charge in [0, 0.05) is 63.2 Å². The lowest BCUT2D eigenvalue weighted by molar-refractivity contribution is -0.385. The summed E-state index contributed by atoms with van der Waals surface area (Å²) >= 11 is 0. The van der Waals surface area contributed by atoms with E-state index in [9.17, 15) is 32.9 Å². The molecular weight excluding hydrogens is 432 g/mol. The Kier molecular flexibility index (Phi) is 6.55. The molecule has 2 aliphatic heterocycles. The van der Waals surface area contributed by atoms with E-state index in [1.54, 1.807) is 0 Å². The first kappa shape index (κ1) is 22.6. The van der Waals surface area contributed by atoms with Crippen LogP contribution in [0.2, 0.25) is 0 Å². The fourth-order valence-electron chi connectivity index (χ4n) is 3.36. The van der Waals surface area contributed by atoms with Gasteiger partial charge in [-0.2, -0.15) is 0 Å². The van der Waals surface area contributed by atoms with Crippen molar-refractivity contribution >= 4 is 33.2 Å². The summed E-state index contributed by atoms with van der Waals surface area (Å²) in [5.74, 6) is -1.84. The van der Waals surface area contributed by atoms with Crippen LogP contribution in [0.15, 0.2) is 23.1 Å². The summed E-state index contributed by atoms with van der Waals surface area (Å²) in [6.07, 6.45) is 0.899. The molecule has 1 aromatic rings. The molecule has 12 nitrogen and oxygen atoms in total. The molecule has 0 spiro atoms. The van der Waals surface area contributed by atoms with Gasteiger partial charge in [0.15, 0.2) is 9.84 Å². The lowest BCUT2D eigenvalue weighted by atomic mass is 10.1. The molecule has 0 radical (unpaired) electrons. The van der Waals surface area contributed by atoms with Gasteiger partial charge in [0.2, 0.25) is 0 Å². The fraction of sp³-hybridized carbons (Fsp3) is 0.500. The average molecular weight is 454 g/mol. The van der Waals surface area contributed by atoms with Crippen molar-refractivity contribution in [3.8, 4) is 0 Å². The number of nitro groups is 1. The van der Waals surface area contributed by atoms with Crippen molar-refractivity contribution in [1.82, 2.24) is 14.7 Å². The van der Waals surface area contributed by atoms with Gasteiger partial charge in [0.05, 0.1) is 23.0 Å². The number of sulfone groups is 1. The van der Waals surface area contributed by atoms with Crippen LogP contribution in [-0.4, -0.2) is 105 Å². The van der Waals surface area contributed by atoms with Gasteiger partial charge in [-0.05, 0) is 6.07 Å². The van der Waals surface area contributed by atoms with Crippen molar-refractivity contribution < 1.29 is 32.5 Å². The number of nitro benzene ring substituents is 1. The molecule has 0 saturated carbocycles. The van der Waals surface area contributed by atoms with Crippen LogP contribution in [0.5, 0.6) is 0 Å². The molecule has 3 amide bonds. The molecular formula is C18H22N4O8S. The van der Waals surface area contributed by atoms with Crippen LogP contribution < -0.4 is 0 Å². The molecule has 13 heteroatoms. The number of carbonyl (C=O) groups is 3. The Morgan fingerprint density at radius 2 is 1.42 bits per heavy atom. The minimum absolute atomic E-state index is 0.109. The van der Waals surface area contributed by atoms with Gasteiger partial charge < -0.3 is 19.4 Å². The Labute approximate surface area is 178 Å². The van der Waals surface area contributed by atoms with Gasteiger partial charge in [-0.1, -0.05) is 0 Å². The summed E-state index contributed by atoms with van der Waals surface area (Å²) in [4.78, 5) is 51.8. The van der Waals surface area contributed by atoms with Crippen molar-refractivity contribution in [2.24, 2.45) is 0 Å². The minimum atomic E-state index is -3.77. The van der Waals surface area contributed by atoms with Gasteiger partial charge in [0.25, 0.3) is 11.6 Å². The normalized spacial score (nSPS) is 17.4. The van der Waals surface area contributed by atoms with Crippen molar-refractivity contribution in [3.05, 3.63) is 33.9 Å². The molecule has 0 atom stereocenters. The van der Waals surface area contributed by atoms with E-state index in [-0.39, 0.29) is 36.6 Å².